The Kier molecular flexibility index (Phi) is 6.70. The molecule has 5 nitrogen and oxygen atoms in total. The van der Waals surface area contributed by atoms with E-state index < -0.39 is 12.0 Å². The van der Waals surface area contributed by atoms with Crippen molar-refractivity contribution < 1.29 is 14.3 Å². The number of ether oxygens (including phenoxy) is 1. The first-order chi connectivity index (χ1) is 7.01. The maximum Gasteiger partial charge on any atom is 0.328 e. The summed E-state index contributed by atoms with van der Waals surface area (Å²) in [6, 6.07) is -0.595. The van der Waals surface area contributed by atoms with Crippen LogP contribution >= 0.6 is 0 Å². The highest BCUT2D eigenvalue weighted by Gasteiger charge is 2.17. The van der Waals surface area contributed by atoms with Crippen LogP contribution < -0.4 is 11.1 Å². The van der Waals surface area contributed by atoms with Crippen LogP contribution in [0.5, 0.6) is 0 Å². The van der Waals surface area contributed by atoms with E-state index in [0.717, 1.165) is 0 Å². The first-order valence-electron chi connectivity index (χ1n) is 5.17. The van der Waals surface area contributed by atoms with Crippen molar-refractivity contribution in [1.29, 1.82) is 0 Å². The molecule has 88 valence electrons. The van der Waals surface area contributed by atoms with Gasteiger partial charge in [0.2, 0.25) is 5.91 Å². The molecule has 0 saturated heterocycles. The SMILES string of the molecule is CCOC(=O)C(C)NC(=O)CC(C)CN. The normalized spacial score (nSPS) is 14.1. The Bertz CT molecular complexity index is 219. The van der Waals surface area contributed by atoms with Crippen LogP contribution in [0, 0.1) is 5.92 Å². The average Bonchev–Trinajstić information content (AvgIpc) is 2.17. The lowest BCUT2D eigenvalue weighted by Crippen LogP contribution is -2.40. The Labute approximate surface area is 90.4 Å². The minimum Gasteiger partial charge on any atom is -0.464 e. The molecule has 2 atom stereocenters. The van der Waals surface area contributed by atoms with E-state index in [9.17, 15) is 9.59 Å². The second-order valence-corrected chi connectivity index (χ2v) is 3.59. The van der Waals surface area contributed by atoms with E-state index >= 15 is 0 Å². The van der Waals surface area contributed by atoms with Crippen LogP contribution in [-0.2, 0) is 14.3 Å². The smallest absolute Gasteiger partial charge is 0.328 e. The van der Waals surface area contributed by atoms with Crippen LogP contribution in [0.25, 0.3) is 0 Å². The molecule has 0 saturated carbocycles. The second-order valence-electron chi connectivity index (χ2n) is 3.59. The molecule has 0 aliphatic rings. The van der Waals surface area contributed by atoms with Gasteiger partial charge in [0, 0.05) is 6.42 Å². The van der Waals surface area contributed by atoms with Crippen LogP contribution in [0.15, 0.2) is 0 Å². The van der Waals surface area contributed by atoms with E-state index in [-0.39, 0.29) is 11.8 Å². The number of amides is 1. The van der Waals surface area contributed by atoms with Gasteiger partial charge < -0.3 is 15.8 Å². The number of carbonyl (C=O) groups is 2. The molecule has 0 radical (unpaired) electrons. The molecule has 1 amide bonds. The van der Waals surface area contributed by atoms with Crippen LogP contribution in [0.2, 0.25) is 0 Å². The average molecular weight is 216 g/mol. The molecule has 0 heterocycles. The molecule has 0 aliphatic carbocycles. The molecule has 5 heteroatoms. The van der Waals surface area contributed by atoms with Gasteiger partial charge in [-0.2, -0.15) is 0 Å². The topological polar surface area (TPSA) is 81.4 Å². The van der Waals surface area contributed by atoms with E-state index in [1.165, 1.54) is 0 Å². The van der Waals surface area contributed by atoms with E-state index in [4.69, 9.17) is 10.5 Å². The minimum atomic E-state index is -0.595. The van der Waals surface area contributed by atoms with E-state index in [1.807, 2.05) is 6.92 Å². The Balaban J connectivity index is 3.90. The summed E-state index contributed by atoms with van der Waals surface area (Å²) >= 11 is 0. The van der Waals surface area contributed by atoms with Crippen molar-refractivity contribution in [2.45, 2.75) is 33.2 Å². The van der Waals surface area contributed by atoms with Gasteiger partial charge in [-0.1, -0.05) is 6.92 Å². The first kappa shape index (κ1) is 13.9. The summed E-state index contributed by atoms with van der Waals surface area (Å²) in [5, 5.41) is 2.56. The van der Waals surface area contributed by atoms with Crippen molar-refractivity contribution in [3.8, 4) is 0 Å². The zero-order valence-electron chi connectivity index (χ0n) is 9.58. The fourth-order valence-electron chi connectivity index (χ4n) is 1.03. The lowest BCUT2D eigenvalue weighted by atomic mass is 10.1. The van der Waals surface area contributed by atoms with Crippen molar-refractivity contribution in [3.63, 3.8) is 0 Å². The summed E-state index contributed by atoms with van der Waals surface area (Å²) in [5.74, 6) is -0.459. The molecule has 0 bridgehead atoms. The number of esters is 1. The van der Waals surface area contributed by atoms with Gasteiger partial charge in [0.05, 0.1) is 6.61 Å². The molecule has 3 N–H and O–H groups in total. The van der Waals surface area contributed by atoms with Crippen molar-refractivity contribution in [2.75, 3.05) is 13.2 Å². The van der Waals surface area contributed by atoms with Crippen molar-refractivity contribution in [2.24, 2.45) is 11.7 Å². The van der Waals surface area contributed by atoms with E-state index in [1.54, 1.807) is 13.8 Å². The molecule has 0 rings (SSSR count). The van der Waals surface area contributed by atoms with Gasteiger partial charge in [0.25, 0.3) is 0 Å². The number of hydrogen-bond acceptors (Lipinski definition) is 4. The number of nitrogens with one attached hydrogen (secondary N) is 1. The maximum atomic E-state index is 11.4. The number of hydrogen-bond donors (Lipinski definition) is 2. The Hall–Kier alpha value is -1.10. The van der Waals surface area contributed by atoms with Crippen LogP contribution in [-0.4, -0.2) is 31.1 Å². The van der Waals surface area contributed by atoms with Gasteiger partial charge in [-0.25, -0.2) is 4.79 Å². The summed E-state index contributed by atoms with van der Waals surface area (Å²) < 4.78 is 4.76. The molecular formula is C10H20N2O3. The lowest BCUT2D eigenvalue weighted by molar-refractivity contribution is -0.146. The Morgan fingerprint density at radius 1 is 1.40 bits per heavy atom. The van der Waals surface area contributed by atoms with Crippen molar-refractivity contribution >= 4 is 11.9 Å². The van der Waals surface area contributed by atoms with Gasteiger partial charge in [-0.05, 0) is 26.3 Å². The predicted molar refractivity (Wildman–Crippen MR) is 57.1 cm³/mol. The van der Waals surface area contributed by atoms with Crippen molar-refractivity contribution in [3.05, 3.63) is 0 Å². The second kappa shape index (κ2) is 7.23. The first-order valence-corrected chi connectivity index (χ1v) is 5.17. The third-order valence-electron chi connectivity index (χ3n) is 1.95. The van der Waals surface area contributed by atoms with Crippen LogP contribution in [0.3, 0.4) is 0 Å². The summed E-state index contributed by atoms with van der Waals surface area (Å²) in [5.41, 5.74) is 5.39. The third-order valence-corrected chi connectivity index (χ3v) is 1.95. The molecule has 0 aliphatic heterocycles. The molecule has 0 spiro atoms. The predicted octanol–water partition coefficient (Wildman–Crippen LogP) is 0.0391. The highest BCUT2D eigenvalue weighted by Crippen LogP contribution is 1.99. The largest absolute Gasteiger partial charge is 0.464 e. The fourth-order valence-corrected chi connectivity index (χ4v) is 1.03. The zero-order valence-corrected chi connectivity index (χ0v) is 9.58. The minimum absolute atomic E-state index is 0.124. The van der Waals surface area contributed by atoms with Gasteiger partial charge in [0.1, 0.15) is 6.04 Å². The molecule has 0 aromatic rings. The van der Waals surface area contributed by atoms with E-state index in [2.05, 4.69) is 5.32 Å². The summed E-state index contributed by atoms with van der Waals surface area (Å²) in [7, 11) is 0. The summed E-state index contributed by atoms with van der Waals surface area (Å²) in [6.07, 6.45) is 0.334. The number of nitrogens with two attached hydrogens (primary N) is 1. The third kappa shape index (κ3) is 6.06. The highest BCUT2D eigenvalue weighted by molar-refractivity contribution is 5.84. The number of rotatable bonds is 6. The van der Waals surface area contributed by atoms with Crippen molar-refractivity contribution in [1.82, 2.24) is 5.32 Å². The van der Waals surface area contributed by atoms with Crippen LogP contribution in [0.1, 0.15) is 27.2 Å². The summed E-state index contributed by atoms with van der Waals surface area (Å²) in [4.78, 5) is 22.5. The monoisotopic (exact) mass is 216 g/mol. The molecular weight excluding hydrogens is 196 g/mol. The standard InChI is InChI=1S/C10H20N2O3/c1-4-15-10(14)8(3)12-9(13)5-7(2)6-11/h7-8H,4-6,11H2,1-3H3,(H,12,13). The van der Waals surface area contributed by atoms with Gasteiger partial charge in [0.15, 0.2) is 0 Å². The molecule has 0 aromatic heterocycles. The van der Waals surface area contributed by atoms with Crippen LogP contribution in [0.4, 0.5) is 0 Å². The fraction of sp³-hybridized carbons (Fsp3) is 0.800. The maximum absolute atomic E-state index is 11.4. The highest BCUT2D eigenvalue weighted by atomic mass is 16.5. The van der Waals surface area contributed by atoms with Gasteiger partial charge in [-0.15, -0.1) is 0 Å². The zero-order chi connectivity index (χ0) is 11.8. The quantitative estimate of drug-likeness (QED) is 0.614. The molecule has 2 unspecified atom stereocenters. The lowest BCUT2D eigenvalue weighted by Gasteiger charge is -2.14. The summed E-state index contributed by atoms with van der Waals surface area (Å²) in [6.45, 7) is 5.99. The van der Waals surface area contributed by atoms with E-state index in [0.29, 0.717) is 19.6 Å². The molecule has 0 fully saturated rings. The number of carbonyl (C=O) groups excluding carboxylic acids is 2. The molecule has 15 heavy (non-hydrogen) atoms. The van der Waals surface area contributed by atoms with Gasteiger partial charge in [-0.3, -0.25) is 4.79 Å². The Morgan fingerprint density at radius 2 is 2.00 bits per heavy atom. The molecule has 0 aromatic carbocycles. The van der Waals surface area contributed by atoms with Gasteiger partial charge >= 0.3 is 5.97 Å². The Morgan fingerprint density at radius 3 is 2.47 bits per heavy atom.